The summed E-state index contributed by atoms with van der Waals surface area (Å²) in [6.45, 7) is 70.0. The van der Waals surface area contributed by atoms with Gasteiger partial charge in [-0.1, -0.05) is 284 Å². The summed E-state index contributed by atoms with van der Waals surface area (Å²) in [6, 6.07) is 0. The van der Waals surface area contributed by atoms with Crippen LogP contribution in [-0.2, 0) is 47.7 Å². The Kier molecular flexibility index (Phi) is 79.9. The van der Waals surface area contributed by atoms with E-state index in [0.717, 1.165) is 63.7 Å². The SMILES string of the molecule is C.C.C.C.C.C.C.C.C.C.C.C.CC.CC.CC.CC.CC.CCC(C)(C)C(=O)OC(C)(C)C1CCCCC1.CCC(C)(C)C(=O)OC(C)(C1CCCCC1)C1CCCCC1.CCC(C)(C)C(=O)OC1(C)CC2CCC1(C)C2(C)C.CCC(C)(C)C(=O)OC1(C)CC2CCC1C2.CCC(C)(C)C(=O)OC1(C)CCCCCC1. The lowest BCUT2D eigenvalue weighted by molar-refractivity contribution is -0.187. The van der Waals surface area contributed by atoms with Crippen LogP contribution >= 0.6 is 0 Å². The lowest BCUT2D eigenvalue weighted by Gasteiger charge is -2.47. The highest BCUT2D eigenvalue weighted by atomic mass is 16.6. The third-order valence-electron chi connectivity index (χ3n) is 26.8. The van der Waals surface area contributed by atoms with E-state index in [9.17, 15) is 24.0 Å². The Balaban J connectivity index is -0.0000000848. The van der Waals surface area contributed by atoms with Crippen molar-refractivity contribution < 1.29 is 47.7 Å². The van der Waals surface area contributed by atoms with Crippen molar-refractivity contribution in [2.75, 3.05) is 0 Å². The first-order chi connectivity index (χ1) is 46.5. The van der Waals surface area contributed by atoms with Crippen molar-refractivity contribution in [1.82, 2.24) is 0 Å². The van der Waals surface area contributed by atoms with Gasteiger partial charge >= 0.3 is 29.8 Å². The molecule has 4 bridgehead atoms. The molecule has 0 aromatic rings. The minimum atomic E-state index is -0.370. The van der Waals surface area contributed by atoms with Gasteiger partial charge in [-0.3, -0.25) is 24.0 Å². The fourth-order valence-electron chi connectivity index (χ4n) is 16.2. The molecule has 8 aliphatic carbocycles. The highest BCUT2D eigenvalue weighted by Gasteiger charge is 2.69. The molecule has 0 spiro atoms. The number of fused-ring (bicyclic) bond motifs is 4. The molecular formula is C102H222O10. The molecule has 0 aliphatic heterocycles. The van der Waals surface area contributed by atoms with E-state index >= 15 is 0 Å². The van der Waals surface area contributed by atoms with Crippen molar-refractivity contribution in [3.63, 3.8) is 0 Å². The monoisotopic (exact) mass is 1610 g/mol. The molecule has 0 aromatic carbocycles. The van der Waals surface area contributed by atoms with Crippen molar-refractivity contribution in [2.24, 2.45) is 73.4 Å². The Morgan fingerprint density at radius 1 is 0.312 bits per heavy atom. The van der Waals surface area contributed by atoms with Crippen LogP contribution in [0.15, 0.2) is 0 Å². The summed E-state index contributed by atoms with van der Waals surface area (Å²) in [6.07, 6.45) is 38.8. The maximum Gasteiger partial charge on any atom is 0.312 e. The average molecular weight is 1610 g/mol. The smallest absolute Gasteiger partial charge is 0.312 e. The quantitative estimate of drug-likeness (QED) is 0.0742. The maximum atomic E-state index is 12.8. The molecule has 0 heterocycles. The second-order valence-corrected chi connectivity index (χ2v) is 35.9. The predicted octanol–water partition coefficient (Wildman–Crippen LogP) is 35.2. The topological polar surface area (TPSA) is 132 Å². The molecule has 0 aromatic heterocycles. The van der Waals surface area contributed by atoms with Crippen LogP contribution in [0.3, 0.4) is 0 Å². The number of carbonyl (C=O) groups is 5. The summed E-state index contributed by atoms with van der Waals surface area (Å²) in [7, 11) is 0. The molecule has 0 N–H and O–H groups in total. The molecule has 112 heavy (non-hydrogen) atoms. The van der Waals surface area contributed by atoms with E-state index < -0.39 is 0 Å². The molecule has 690 valence electrons. The van der Waals surface area contributed by atoms with Gasteiger partial charge < -0.3 is 23.7 Å². The number of rotatable bonds is 18. The van der Waals surface area contributed by atoms with Gasteiger partial charge in [-0.25, -0.2) is 0 Å². The van der Waals surface area contributed by atoms with E-state index in [0.29, 0.717) is 29.6 Å². The zero-order valence-electron chi connectivity index (χ0n) is 73.4. The largest absolute Gasteiger partial charge is 0.459 e. The minimum absolute atomic E-state index is 0. The van der Waals surface area contributed by atoms with Crippen LogP contribution in [0.4, 0.5) is 0 Å². The normalized spacial score (nSPS) is 22.9. The van der Waals surface area contributed by atoms with E-state index in [4.69, 9.17) is 23.7 Å². The zero-order chi connectivity index (χ0) is 78.2. The van der Waals surface area contributed by atoms with Crippen molar-refractivity contribution >= 4 is 29.8 Å². The highest BCUT2D eigenvalue weighted by Crippen LogP contribution is 2.71. The summed E-state index contributed by atoms with van der Waals surface area (Å²) in [4.78, 5) is 61.5. The second-order valence-electron chi connectivity index (χ2n) is 35.9. The number of ether oxygens (including phenoxy) is 5. The fourth-order valence-corrected chi connectivity index (χ4v) is 16.2. The van der Waals surface area contributed by atoms with E-state index in [1.807, 2.05) is 159 Å². The maximum absolute atomic E-state index is 12.8. The molecule has 10 heteroatoms. The Bertz CT molecular complexity index is 2260. The first-order valence-corrected chi connectivity index (χ1v) is 42.6. The van der Waals surface area contributed by atoms with E-state index in [1.165, 1.54) is 154 Å². The molecule has 0 radical (unpaired) electrons. The molecular weight excluding hydrogens is 1390 g/mol. The summed E-state index contributed by atoms with van der Waals surface area (Å²) < 4.78 is 29.8. The van der Waals surface area contributed by atoms with Crippen LogP contribution in [0.1, 0.15) is 536 Å². The van der Waals surface area contributed by atoms with Gasteiger partial charge in [0.05, 0.1) is 27.1 Å². The number of hydrogen-bond acceptors (Lipinski definition) is 10. The first-order valence-electron chi connectivity index (χ1n) is 42.6. The molecule has 8 fully saturated rings. The van der Waals surface area contributed by atoms with E-state index in [1.54, 1.807) is 0 Å². The molecule has 6 unspecified atom stereocenters. The van der Waals surface area contributed by atoms with Crippen LogP contribution in [0.25, 0.3) is 0 Å². The number of hydrogen-bond donors (Lipinski definition) is 0. The predicted molar refractivity (Wildman–Crippen MR) is 508 cm³/mol. The molecule has 6 atom stereocenters. The Hall–Kier alpha value is -2.65. The lowest BCUT2D eigenvalue weighted by atomic mass is 9.65. The average Bonchev–Trinajstić information content (AvgIpc) is 1.53. The summed E-state index contributed by atoms with van der Waals surface area (Å²) in [5.41, 5.74) is -2.55. The van der Waals surface area contributed by atoms with Crippen molar-refractivity contribution in [1.29, 1.82) is 0 Å². The van der Waals surface area contributed by atoms with Crippen LogP contribution < -0.4 is 0 Å². The van der Waals surface area contributed by atoms with Gasteiger partial charge in [-0.15, -0.1) is 0 Å². The van der Waals surface area contributed by atoms with Gasteiger partial charge in [0.2, 0.25) is 0 Å². The van der Waals surface area contributed by atoms with Crippen LogP contribution in [-0.4, -0.2) is 57.9 Å². The molecule has 10 nitrogen and oxygen atoms in total. The molecule has 8 aliphatic rings. The standard InChI is InChI=1S/C20H36O2.C17H30O2.C15H28O2.C14H24O2.C14H26O2.5C2H6.12CH4/c1-5-19(2,3)18(21)22-20(4,16-12-8-6-9-13-16)17-14-10-7-11-15-17;1-8-14(2,3)13(18)19-17(7)11-12-9-10-16(17,6)15(12,4)5;1-6-14(2,3)13(16)17-15(4,5)12-10-8-7-9-11-12;1-5-13(2,3)12(15)16-14(4)9-10-6-7-11(14)8-10;1-5-13(2,3)12(15)16-14(4)10-8-6-7-9-11-14;5*1-2;;;;;;;;;;;;/h16-17H,5-15H2,1-4H3;12H,8-11H2,1-7H3;12H,6-11H2,1-5H3;10-11H,5-9H2,1-4H3;5-11H2,1-4H3;5*1-2H3;12*1H4. The summed E-state index contributed by atoms with van der Waals surface area (Å²) >= 11 is 0. The van der Waals surface area contributed by atoms with Crippen LogP contribution in [0, 0.1) is 73.4 Å². The van der Waals surface area contributed by atoms with E-state index in [2.05, 4.69) is 76.2 Å². The van der Waals surface area contributed by atoms with Crippen molar-refractivity contribution in [3.05, 3.63) is 0 Å². The van der Waals surface area contributed by atoms with Crippen molar-refractivity contribution in [3.8, 4) is 0 Å². The van der Waals surface area contributed by atoms with Crippen molar-refractivity contribution in [2.45, 2.75) is 564 Å². The Morgan fingerprint density at radius 3 is 0.893 bits per heavy atom. The summed E-state index contributed by atoms with van der Waals surface area (Å²) in [5.74, 6) is 3.71. The van der Waals surface area contributed by atoms with Gasteiger partial charge in [0, 0.05) is 5.41 Å². The van der Waals surface area contributed by atoms with Gasteiger partial charge in [-0.05, 0) is 293 Å². The van der Waals surface area contributed by atoms with Gasteiger partial charge in [0.25, 0.3) is 0 Å². The van der Waals surface area contributed by atoms with Gasteiger partial charge in [0.15, 0.2) is 0 Å². The highest BCUT2D eigenvalue weighted by molar-refractivity contribution is 5.78. The van der Waals surface area contributed by atoms with Crippen LogP contribution in [0.2, 0.25) is 0 Å². The molecule has 8 rings (SSSR count). The van der Waals surface area contributed by atoms with Crippen LogP contribution in [0.5, 0.6) is 0 Å². The third-order valence-corrected chi connectivity index (χ3v) is 26.8. The van der Waals surface area contributed by atoms with Gasteiger partial charge in [0.1, 0.15) is 28.0 Å². The molecule has 0 amide bonds. The minimum Gasteiger partial charge on any atom is -0.459 e. The first kappa shape index (κ1) is 141. The summed E-state index contributed by atoms with van der Waals surface area (Å²) in [5, 5.41) is 0. The number of carbonyl (C=O) groups excluding carboxylic acids is 5. The van der Waals surface area contributed by atoms with E-state index in [-0.39, 0.29) is 185 Å². The zero-order valence-corrected chi connectivity index (χ0v) is 73.4. The number of esters is 5. The Labute approximate surface area is 711 Å². The molecule has 8 saturated carbocycles. The lowest BCUT2D eigenvalue weighted by Crippen LogP contribution is -2.49. The third kappa shape index (κ3) is 39.5. The fraction of sp³-hybridized carbons (Fsp3) is 0.951. The van der Waals surface area contributed by atoms with Gasteiger partial charge in [-0.2, -0.15) is 0 Å². The molecule has 0 saturated heterocycles. The second kappa shape index (κ2) is 63.4. The Morgan fingerprint density at radius 2 is 0.607 bits per heavy atom.